The summed E-state index contributed by atoms with van der Waals surface area (Å²) in [5.41, 5.74) is 3.28. The molecule has 3 aromatic carbocycles. The van der Waals surface area contributed by atoms with Gasteiger partial charge in [0.2, 0.25) is 0 Å². The van der Waals surface area contributed by atoms with Gasteiger partial charge in [0.1, 0.15) is 6.61 Å². The second-order valence-electron chi connectivity index (χ2n) is 7.36. The number of nitrogens with one attached hydrogen (secondary N) is 1. The molecule has 0 spiro atoms. The molecular weight excluding hydrogens is 515 g/mol. The van der Waals surface area contributed by atoms with Crippen LogP contribution in [0, 0.1) is 6.92 Å². The number of halogens is 3. The average molecular weight is 534 g/mol. The minimum Gasteiger partial charge on any atom is -0.493 e. The fourth-order valence-corrected chi connectivity index (χ4v) is 4.54. The Bertz CT molecular complexity index is 1310. The first-order valence-corrected chi connectivity index (χ1v) is 12.1. The topological polar surface area (TPSA) is 59.9 Å². The molecule has 1 aliphatic rings. The van der Waals surface area contributed by atoms with E-state index >= 15 is 0 Å². The number of benzene rings is 3. The summed E-state index contributed by atoms with van der Waals surface area (Å²) in [5, 5.41) is 4.86. The Balaban J connectivity index is 1.54. The molecule has 0 atom stereocenters. The molecule has 0 aliphatic carbocycles. The lowest BCUT2D eigenvalue weighted by Crippen LogP contribution is -2.19. The van der Waals surface area contributed by atoms with E-state index in [1.54, 1.807) is 42.5 Å². The number of nitrogens with zero attached hydrogens (tertiary/aromatic N) is 1. The lowest BCUT2D eigenvalue weighted by atomic mass is 10.1. The number of ether oxygens (including phenoxy) is 2. The summed E-state index contributed by atoms with van der Waals surface area (Å²) in [6, 6.07) is 16.3. The average Bonchev–Trinajstić information content (AvgIpc) is 3.14. The van der Waals surface area contributed by atoms with Crippen LogP contribution in [0.25, 0.3) is 6.08 Å². The van der Waals surface area contributed by atoms with Crippen molar-refractivity contribution in [1.82, 2.24) is 5.32 Å². The normalized spacial score (nSPS) is 15.6. The van der Waals surface area contributed by atoms with E-state index < -0.39 is 0 Å². The summed E-state index contributed by atoms with van der Waals surface area (Å²) in [5.74, 6) is 0.630. The minimum atomic E-state index is -0.249. The van der Waals surface area contributed by atoms with E-state index in [1.165, 1.54) is 18.9 Å². The number of amidine groups is 1. The highest BCUT2D eigenvalue weighted by molar-refractivity contribution is 8.18. The van der Waals surface area contributed by atoms with Crippen LogP contribution in [0.2, 0.25) is 15.1 Å². The van der Waals surface area contributed by atoms with E-state index in [2.05, 4.69) is 10.3 Å². The lowest BCUT2D eigenvalue weighted by Gasteiger charge is -2.13. The lowest BCUT2D eigenvalue weighted by molar-refractivity contribution is -0.115. The van der Waals surface area contributed by atoms with Gasteiger partial charge in [-0.05, 0) is 77.9 Å². The highest BCUT2D eigenvalue weighted by atomic mass is 35.5. The molecule has 4 rings (SSSR count). The molecule has 0 bridgehead atoms. The van der Waals surface area contributed by atoms with Crippen LogP contribution in [-0.4, -0.2) is 18.2 Å². The molecule has 0 aromatic heterocycles. The Labute approximate surface area is 216 Å². The largest absolute Gasteiger partial charge is 0.493 e. The number of carbonyl (C=O) groups excluding carboxylic acids is 1. The first-order valence-electron chi connectivity index (χ1n) is 10.1. The van der Waals surface area contributed by atoms with Crippen molar-refractivity contribution in [2.45, 2.75) is 13.5 Å². The third kappa shape index (κ3) is 5.88. The van der Waals surface area contributed by atoms with Crippen molar-refractivity contribution >= 4 is 69.4 Å². The van der Waals surface area contributed by atoms with Crippen LogP contribution in [0.5, 0.6) is 11.5 Å². The molecule has 34 heavy (non-hydrogen) atoms. The Kier molecular flexibility index (Phi) is 7.73. The number of rotatable bonds is 6. The zero-order valence-corrected chi connectivity index (χ0v) is 21.3. The van der Waals surface area contributed by atoms with Gasteiger partial charge in [0, 0.05) is 10.0 Å². The monoisotopic (exact) mass is 532 g/mol. The van der Waals surface area contributed by atoms with E-state index in [4.69, 9.17) is 44.3 Å². The van der Waals surface area contributed by atoms with E-state index in [1.807, 2.05) is 25.1 Å². The Morgan fingerprint density at radius 2 is 1.76 bits per heavy atom. The predicted molar refractivity (Wildman–Crippen MR) is 141 cm³/mol. The van der Waals surface area contributed by atoms with Crippen LogP contribution in [0.15, 0.2) is 64.5 Å². The van der Waals surface area contributed by atoms with Gasteiger partial charge in [0.15, 0.2) is 16.7 Å². The molecule has 5 nitrogen and oxygen atoms in total. The summed E-state index contributed by atoms with van der Waals surface area (Å²) < 4.78 is 11.4. The second-order valence-corrected chi connectivity index (χ2v) is 9.67. The molecule has 1 N–H and O–H groups in total. The molecule has 1 fully saturated rings. The van der Waals surface area contributed by atoms with Crippen LogP contribution in [0.4, 0.5) is 5.69 Å². The van der Waals surface area contributed by atoms with Crippen molar-refractivity contribution in [3.05, 3.63) is 91.3 Å². The maximum atomic E-state index is 12.5. The number of aliphatic imine (C=N–C) groups is 1. The summed E-state index contributed by atoms with van der Waals surface area (Å²) in [7, 11) is 1.53. The molecule has 1 saturated heterocycles. The molecule has 1 heterocycles. The van der Waals surface area contributed by atoms with Crippen molar-refractivity contribution in [2.24, 2.45) is 4.99 Å². The Morgan fingerprint density at radius 1 is 1.03 bits per heavy atom. The van der Waals surface area contributed by atoms with Gasteiger partial charge in [-0.1, -0.05) is 53.0 Å². The third-order valence-corrected chi connectivity index (χ3v) is 6.57. The molecule has 0 unspecified atom stereocenters. The summed E-state index contributed by atoms with van der Waals surface area (Å²) in [4.78, 5) is 17.5. The molecule has 174 valence electrons. The number of carbonyl (C=O) groups is 1. The van der Waals surface area contributed by atoms with Gasteiger partial charge in [0.05, 0.1) is 22.7 Å². The van der Waals surface area contributed by atoms with Gasteiger partial charge in [-0.15, -0.1) is 0 Å². The molecule has 1 aliphatic heterocycles. The fourth-order valence-electron chi connectivity index (χ4n) is 3.14. The summed E-state index contributed by atoms with van der Waals surface area (Å²) in [6.07, 6.45) is 1.73. The van der Waals surface area contributed by atoms with E-state index in [9.17, 15) is 4.79 Å². The SMILES string of the molecule is COc1cc(/C=C2\SC(=Nc3cc(Cl)ccc3C)NC2=O)cc(Cl)c1OCc1ccc(Cl)cc1. The van der Waals surface area contributed by atoms with Gasteiger partial charge < -0.3 is 14.8 Å². The highest BCUT2D eigenvalue weighted by Gasteiger charge is 2.24. The molecule has 3 aromatic rings. The maximum absolute atomic E-state index is 12.5. The van der Waals surface area contributed by atoms with Gasteiger partial charge in [-0.3, -0.25) is 4.79 Å². The van der Waals surface area contributed by atoms with Crippen molar-refractivity contribution in [3.63, 3.8) is 0 Å². The molecule has 0 radical (unpaired) electrons. The zero-order chi connectivity index (χ0) is 24.2. The van der Waals surface area contributed by atoms with E-state index in [0.717, 1.165) is 11.1 Å². The zero-order valence-electron chi connectivity index (χ0n) is 18.2. The Morgan fingerprint density at radius 3 is 2.50 bits per heavy atom. The van der Waals surface area contributed by atoms with Crippen LogP contribution >= 0.6 is 46.6 Å². The van der Waals surface area contributed by atoms with E-state index in [-0.39, 0.29) is 5.91 Å². The molecular formula is C25H19Cl3N2O3S. The van der Waals surface area contributed by atoms with Gasteiger partial charge in [-0.25, -0.2) is 4.99 Å². The number of methoxy groups -OCH3 is 1. The number of aryl methyl sites for hydroxylation is 1. The quantitative estimate of drug-likeness (QED) is 0.335. The van der Waals surface area contributed by atoms with Gasteiger partial charge >= 0.3 is 0 Å². The second kappa shape index (κ2) is 10.7. The van der Waals surface area contributed by atoms with Crippen molar-refractivity contribution in [2.75, 3.05) is 7.11 Å². The summed E-state index contributed by atoms with van der Waals surface area (Å²) >= 11 is 19.7. The number of hydrogen-bond acceptors (Lipinski definition) is 5. The van der Waals surface area contributed by atoms with Crippen molar-refractivity contribution < 1.29 is 14.3 Å². The summed E-state index contributed by atoms with van der Waals surface area (Å²) in [6.45, 7) is 2.23. The maximum Gasteiger partial charge on any atom is 0.264 e. The minimum absolute atomic E-state index is 0.249. The van der Waals surface area contributed by atoms with Crippen molar-refractivity contribution in [1.29, 1.82) is 0 Å². The van der Waals surface area contributed by atoms with Gasteiger partial charge in [0.25, 0.3) is 5.91 Å². The van der Waals surface area contributed by atoms with Crippen LogP contribution in [0.1, 0.15) is 16.7 Å². The number of amides is 1. The highest BCUT2D eigenvalue weighted by Crippen LogP contribution is 2.39. The van der Waals surface area contributed by atoms with Crippen LogP contribution in [-0.2, 0) is 11.4 Å². The molecule has 1 amide bonds. The fraction of sp³-hybridized carbons (Fsp3) is 0.120. The van der Waals surface area contributed by atoms with Crippen LogP contribution in [0.3, 0.4) is 0 Å². The number of thioether (sulfide) groups is 1. The van der Waals surface area contributed by atoms with Gasteiger partial charge in [-0.2, -0.15) is 0 Å². The third-order valence-electron chi connectivity index (χ3n) is 4.89. The first kappa shape index (κ1) is 24.5. The Hall–Kier alpha value is -2.64. The van der Waals surface area contributed by atoms with E-state index in [0.29, 0.717) is 54.5 Å². The first-order chi connectivity index (χ1) is 16.3. The smallest absolute Gasteiger partial charge is 0.264 e. The standard InChI is InChI=1S/C25H19Cl3N2O3S/c1-14-3-6-18(27)12-20(14)29-25-30-24(31)22(34-25)11-16-9-19(28)23(21(10-16)32-2)33-13-15-4-7-17(26)8-5-15/h3-12H,13H2,1-2H3,(H,29,30,31)/b22-11-. The molecule has 0 saturated carbocycles. The van der Waals surface area contributed by atoms with Crippen molar-refractivity contribution in [3.8, 4) is 11.5 Å². The molecule has 9 heteroatoms. The number of hydrogen-bond donors (Lipinski definition) is 1. The predicted octanol–water partition coefficient (Wildman–Crippen LogP) is 7.43. The van der Waals surface area contributed by atoms with Crippen LogP contribution < -0.4 is 14.8 Å².